The highest BCUT2D eigenvalue weighted by molar-refractivity contribution is 6.20. The maximum Gasteiger partial charge on any atom is 0.161 e. The van der Waals surface area contributed by atoms with E-state index < -0.39 is 5.41 Å². The van der Waals surface area contributed by atoms with Gasteiger partial charge in [0, 0.05) is 27.8 Å². The van der Waals surface area contributed by atoms with Crippen molar-refractivity contribution in [1.29, 1.82) is 0 Å². The fraction of sp³-hybridized carbons (Fsp3) is 0.0169. The third-order valence-corrected chi connectivity index (χ3v) is 13.1. The maximum atomic E-state index is 6.83. The first-order chi connectivity index (χ1) is 30.7. The van der Waals surface area contributed by atoms with Crippen LogP contribution in [0.2, 0.25) is 0 Å². The lowest BCUT2D eigenvalue weighted by Crippen LogP contribution is -2.32. The van der Waals surface area contributed by atoms with Crippen LogP contribution in [0, 0.1) is 0 Å². The van der Waals surface area contributed by atoms with Gasteiger partial charge in [-0.05, 0) is 102 Å². The minimum absolute atomic E-state index is 0.598. The molecule has 11 aromatic rings. The first-order valence-corrected chi connectivity index (χ1v) is 21.2. The quantitative estimate of drug-likeness (QED) is 0.132. The van der Waals surface area contributed by atoms with Crippen LogP contribution in [0.3, 0.4) is 0 Å². The van der Waals surface area contributed by atoms with Crippen LogP contribution < -0.4 is 4.74 Å². The number of para-hydroxylation sites is 1. The first kappa shape index (κ1) is 34.7. The summed E-state index contributed by atoms with van der Waals surface area (Å²) in [5, 5.41) is 7.11. The molecule has 62 heavy (non-hydrogen) atoms. The van der Waals surface area contributed by atoms with E-state index in [9.17, 15) is 0 Å². The largest absolute Gasteiger partial charge is 0.457 e. The van der Waals surface area contributed by atoms with E-state index in [4.69, 9.17) is 14.7 Å². The monoisotopic (exact) mass is 788 g/mol. The number of fused-ring (bicyclic) bond motifs is 13. The van der Waals surface area contributed by atoms with Crippen molar-refractivity contribution in [2.45, 2.75) is 5.41 Å². The molecule has 2 aliphatic rings. The van der Waals surface area contributed by atoms with Crippen LogP contribution >= 0.6 is 0 Å². The summed E-state index contributed by atoms with van der Waals surface area (Å²) >= 11 is 0. The topological polar surface area (TPSA) is 35.0 Å². The average molecular weight is 789 g/mol. The van der Waals surface area contributed by atoms with Gasteiger partial charge in [0.2, 0.25) is 0 Å². The summed E-state index contributed by atoms with van der Waals surface area (Å²) in [4.78, 5) is 11.1. The molecule has 10 aromatic carbocycles. The van der Waals surface area contributed by atoms with Crippen molar-refractivity contribution < 1.29 is 4.74 Å². The fourth-order valence-electron chi connectivity index (χ4n) is 10.5. The lowest BCUT2D eigenvalue weighted by molar-refractivity contribution is 0.436. The number of rotatable bonds is 4. The summed E-state index contributed by atoms with van der Waals surface area (Å²) < 4.78 is 6.83. The van der Waals surface area contributed by atoms with Crippen LogP contribution in [0.1, 0.15) is 22.3 Å². The van der Waals surface area contributed by atoms with Gasteiger partial charge in [0.15, 0.2) is 5.82 Å². The van der Waals surface area contributed by atoms with Crippen molar-refractivity contribution in [2.75, 3.05) is 0 Å². The zero-order chi connectivity index (χ0) is 40.8. The minimum atomic E-state index is -0.598. The molecule has 0 N–H and O–H groups in total. The maximum absolute atomic E-state index is 6.83. The normalized spacial score (nSPS) is 13.1. The smallest absolute Gasteiger partial charge is 0.161 e. The molecule has 288 valence electrons. The van der Waals surface area contributed by atoms with Crippen molar-refractivity contribution in [3.63, 3.8) is 0 Å². The van der Waals surface area contributed by atoms with Crippen LogP contribution in [0.15, 0.2) is 218 Å². The highest BCUT2D eigenvalue weighted by Crippen LogP contribution is 2.62. The number of aromatic nitrogens is 2. The predicted octanol–water partition coefficient (Wildman–Crippen LogP) is 15.1. The average Bonchev–Trinajstić information content (AvgIpc) is 3.64. The van der Waals surface area contributed by atoms with Crippen molar-refractivity contribution in [3.05, 3.63) is 241 Å². The zero-order valence-electron chi connectivity index (χ0n) is 33.6. The Morgan fingerprint density at radius 3 is 1.71 bits per heavy atom. The third kappa shape index (κ3) is 5.00. The molecule has 13 rings (SSSR count). The van der Waals surface area contributed by atoms with Gasteiger partial charge in [0.05, 0.1) is 16.8 Å². The van der Waals surface area contributed by atoms with E-state index in [1.54, 1.807) is 0 Å². The SMILES string of the molecule is c1ccc(-c2ccccc2-c2nc(-c3ccc4c(c3)C3(c5ccccc5O4)c4ccccc4-c4ccccc43)cc(-c3c4ccccc4cc4c3ccc3ccccc34)n2)cc1. The Labute approximate surface area is 359 Å². The van der Waals surface area contributed by atoms with Crippen molar-refractivity contribution in [1.82, 2.24) is 9.97 Å². The molecule has 0 fully saturated rings. The molecule has 3 nitrogen and oxygen atoms in total. The third-order valence-electron chi connectivity index (χ3n) is 13.1. The summed E-state index contributed by atoms with van der Waals surface area (Å²) in [5.74, 6) is 2.39. The molecule has 1 aliphatic heterocycles. The van der Waals surface area contributed by atoms with Gasteiger partial charge < -0.3 is 4.74 Å². The Morgan fingerprint density at radius 1 is 0.323 bits per heavy atom. The molecule has 0 saturated carbocycles. The highest BCUT2D eigenvalue weighted by atomic mass is 16.5. The van der Waals surface area contributed by atoms with E-state index in [1.807, 2.05) is 0 Å². The molecule has 2 heterocycles. The molecule has 3 heteroatoms. The van der Waals surface area contributed by atoms with Crippen LogP contribution in [-0.2, 0) is 5.41 Å². The molecular weight excluding hydrogens is 753 g/mol. The number of benzene rings is 10. The molecule has 0 unspecified atom stereocenters. The summed E-state index contributed by atoms with van der Waals surface area (Å²) in [5.41, 5.74) is 13.6. The molecule has 1 spiro atoms. The molecule has 1 aliphatic carbocycles. The van der Waals surface area contributed by atoms with Gasteiger partial charge in [0.1, 0.15) is 11.5 Å². The number of ether oxygens (including phenoxy) is 1. The first-order valence-electron chi connectivity index (χ1n) is 21.2. The van der Waals surface area contributed by atoms with Crippen molar-refractivity contribution >= 4 is 32.3 Å². The number of hydrogen-bond donors (Lipinski definition) is 0. The van der Waals surface area contributed by atoms with Crippen molar-refractivity contribution in [3.8, 4) is 67.7 Å². The number of nitrogens with zero attached hydrogens (tertiary/aromatic N) is 2. The standard InChI is InChI=1S/C59H36N2O/c1-2-16-37(17-3-1)41-20-8-9-25-47(41)58-60-53(36-54(61-58)57-43-22-7-5-19-39(43)34-48-42-21-6-4-18-38(42)30-32-46(48)57)40-31-33-56-52(35-40)59(51-28-14-15-29-55(51)62-56)49-26-12-10-23-44(49)45-24-11-13-27-50(45)59/h1-36H. The Balaban J connectivity index is 1.12. The van der Waals surface area contributed by atoms with Gasteiger partial charge in [0.25, 0.3) is 0 Å². The van der Waals surface area contributed by atoms with E-state index in [-0.39, 0.29) is 0 Å². The number of hydrogen-bond acceptors (Lipinski definition) is 3. The van der Waals surface area contributed by atoms with Crippen LogP contribution in [-0.4, -0.2) is 9.97 Å². The molecule has 0 saturated heterocycles. The molecular formula is C59H36N2O. The Kier molecular flexibility index (Phi) is 7.52. The second kappa shape index (κ2) is 13.4. The van der Waals surface area contributed by atoms with Crippen LogP contribution in [0.5, 0.6) is 11.5 Å². The van der Waals surface area contributed by atoms with Crippen LogP contribution in [0.25, 0.3) is 88.5 Å². The van der Waals surface area contributed by atoms with Gasteiger partial charge >= 0.3 is 0 Å². The van der Waals surface area contributed by atoms with E-state index in [0.29, 0.717) is 5.82 Å². The minimum Gasteiger partial charge on any atom is -0.457 e. The second-order valence-electron chi connectivity index (χ2n) is 16.4. The van der Waals surface area contributed by atoms with Crippen LogP contribution in [0.4, 0.5) is 0 Å². The zero-order valence-corrected chi connectivity index (χ0v) is 33.6. The van der Waals surface area contributed by atoms with E-state index >= 15 is 0 Å². The lowest BCUT2D eigenvalue weighted by atomic mass is 9.66. The Hall–Kier alpha value is -8.14. The molecule has 1 aromatic heterocycles. The van der Waals surface area contributed by atoms with E-state index in [2.05, 4.69) is 218 Å². The molecule has 0 bridgehead atoms. The summed E-state index contributed by atoms with van der Waals surface area (Å²) in [6, 6.07) is 78.4. The predicted molar refractivity (Wildman–Crippen MR) is 254 cm³/mol. The van der Waals surface area contributed by atoms with E-state index in [1.165, 1.54) is 43.8 Å². The molecule has 0 radical (unpaired) electrons. The second-order valence-corrected chi connectivity index (χ2v) is 16.4. The fourth-order valence-corrected chi connectivity index (χ4v) is 10.5. The summed E-state index contributed by atoms with van der Waals surface area (Å²) in [6.45, 7) is 0. The van der Waals surface area contributed by atoms with Gasteiger partial charge in [-0.2, -0.15) is 0 Å². The summed E-state index contributed by atoms with van der Waals surface area (Å²) in [7, 11) is 0. The Bertz CT molecular complexity index is 3580. The molecule has 0 amide bonds. The lowest BCUT2D eigenvalue weighted by Gasteiger charge is -2.39. The van der Waals surface area contributed by atoms with Gasteiger partial charge in [-0.3, -0.25) is 0 Å². The Morgan fingerprint density at radius 2 is 0.919 bits per heavy atom. The van der Waals surface area contributed by atoms with E-state index in [0.717, 1.165) is 72.6 Å². The highest BCUT2D eigenvalue weighted by Gasteiger charge is 2.51. The van der Waals surface area contributed by atoms with Gasteiger partial charge in [-0.25, -0.2) is 9.97 Å². The summed E-state index contributed by atoms with van der Waals surface area (Å²) in [6.07, 6.45) is 0. The van der Waals surface area contributed by atoms with Gasteiger partial charge in [-0.1, -0.05) is 182 Å². The van der Waals surface area contributed by atoms with Crippen molar-refractivity contribution in [2.24, 2.45) is 0 Å². The van der Waals surface area contributed by atoms with Gasteiger partial charge in [-0.15, -0.1) is 0 Å². The molecule has 0 atom stereocenters.